The largest absolute Gasteiger partial charge is 0.455 e. The number of carbonyl (C=O) groups is 8. The van der Waals surface area contributed by atoms with E-state index < -0.39 is 131 Å². The van der Waals surface area contributed by atoms with Crippen molar-refractivity contribution in [1.29, 1.82) is 0 Å². The van der Waals surface area contributed by atoms with Crippen LogP contribution < -0.4 is 16.4 Å². The smallest absolute Gasteiger partial charge is 0.350 e. The molecule has 3 aromatic rings. The standard InChI is InChI=1S/C57H69N3O18/c1-33-39(75-53(69)47(76-43(65)23-22-42(64)59-25-27-72-29-28-71-26-24-58)45(36-16-10-7-11-17-36)60-51(67)37-18-12-8-13-19-37)31-57(70)50(77-52(68)38-20-14-9-15-21-38)48-55(6,40(63)30-41-56(48,32-73-41)78-35(3)62)49(66)46(74-34(2)61)44(33)54(57,4)5/h7-21,39-41,45-48,50,63,70H,22-32,58H2,1-6H3,(H,59,64)(H,60,67)/t39-,40-,41+,45-,46+,47+,48-,50-,55+,56-,57+/m0/s1. The highest BCUT2D eigenvalue weighted by Crippen LogP contribution is 2.64. The zero-order valence-electron chi connectivity index (χ0n) is 44.6. The number of carbonyl (C=O) groups excluding carboxylic acids is 8. The maximum Gasteiger partial charge on any atom is 0.350 e. The summed E-state index contributed by atoms with van der Waals surface area (Å²) in [5, 5.41) is 31.7. The normalized spacial score (nSPS) is 27.6. The van der Waals surface area contributed by atoms with Gasteiger partial charge >= 0.3 is 29.8 Å². The van der Waals surface area contributed by atoms with Gasteiger partial charge in [-0.1, -0.05) is 80.6 Å². The molecule has 1 saturated heterocycles. The van der Waals surface area contributed by atoms with Gasteiger partial charge in [-0.05, 0) is 54.8 Å². The second-order valence-corrected chi connectivity index (χ2v) is 20.7. The third-order valence-electron chi connectivity index (χ3n) is 15.5. The molecule has 4 aliphatic rings. The number of fused-ring (bicyclic) bond motifs is 5. The topological polar surface area (TPSA) is 301 Å². The fourth-order valence-corrected chi connectivity index (χ4v) is 11.5. The number of esters is 5. The number of hydrogen-bond donors (Lipinski definition) is 5. The Morgan fingerprint density at radius 3 is 2.00 bits per heavy atom. The molecule has 1 heterocycles. The predicted octanol–water partition coefficient (Wildman–Crippen LogP) is 3.17. The first-order valence-electron chi connectivity index (χ1n) is 25.9. The van der Waals surface area contributed by atoms with Crippen LogP contribution in [0, 0.1) is 16.7 Å². The van der Waals surface area contributed by atoms with Gasteiger partial charge in [0, 0.05) is 57.2 Å². The summed E-state index contributed by atoms with van der Waals surface area (Å²) in [5.74, 6) is -8.83. The van der Waals surface area contributed by atoms with Crippen LogP contribution in [0.3, 0.4) is 0 Å². The molecule has 21 heteroatoms. The highest BCUT2D eigenvalue weighted by molar-refractivity contribution is 5.96. The van der Waals surface area contributed by atoms with Crippen LogP contribution in [0.4, 0.5) is 0 Å². The van der Waals surface area contributed by atoms with Crippen LogP contribution >= 0.6 is 0 Å². The third kappa shape index (κ3) is 12.1. The Bertz CT molecular complexity index is 2720. The predicted molar refractivity (Wildman–Crippen MR) is 274 cm³/mol. The first kappa shape index (κ1) is 58.8. The Morgan fingerprint density at radius 2 is 1.41 bits per heavy atom. The first-order chi connectivity index (χ1) is 37.1. The Kier molecular flexibility index (Phi) is 18.7. The summed E-state index contributed by atoms with van der Waals surface area (Å²) in [6.07, 6.45) is -12.0. The number of aliphatic hydroxyl groups excluding tert-OH is 1. The Labute approximate surface area is 451 Å². The zero-order chi connectivity index (χ0) is 56.6. The molecule has 1 aliphatic heterocycles. The lowest BCUT2D eigenvalue weighted by Crippen LogP contribution is -2.82. The van der Waals surface area contributed by atoms with Crippen LogP contribution in [0.5, 0.6) is 0 Å². The number of nitrogens with two attached hydrogens (primary N) is 1. The molecule has 0 spiro atoms. The number of ether oxygens (including phenoxy) is 8. The van der Waals surface area contributed by atoms with Gasteiger partial charge in [-0.15, -0.1) is 0 Å². The second-order valence-electron chi connectivity index (χ2n) is 20.7. The lowest BCUT2D eigenvalue weighted by molar-refractivity contribution is -0.346. The van der Waals surface area contributed by atoms with Crippen molar-refractivity contribution in [3.8, 4) is 0 Å². The van der Waals surface area contributed by atoms with Gasteiger partial charge < -0.3 is 64.5 Å². The molecule has 3 aliphatic carbocycles. The molecule has 3 aromatic carbocycles. The van der Waals surface area contributed by atoms with Gasteiger partial charge in [-0.25, -0.2) is 9.59 Å². The molecule has 0 radical (unpaired) electrons. The van der Waals surface area contributed by atoms with E-state index in [1.807, 2.05) is 0 Å². The average molecular weight is 1080 g/mol. The molecule has 2 amide bonds. The van der Waals surface area contributed by atoms with Gasteiger partial charge in [-0.2, -0.15) is 0 Å². The summed E-state index contributed by atoms with van der Waals surface area (Å²) in [7, 11) is 0. The molecule has 11 atom stereocenters. The van der Waals surface area contributed by atoms with Crippen molar-refractivity contribution >= 4 is 47.4 Å². The van der Waals surface area contributed by atoms with E-state index >= 15 is 9.59 Å². The highest BCUT2D eigenvalue weighted by atomic mass is 16.6. The zero-order valence-corrected chi connectivity index (χ0v) is 44.6. The number of aliphatic hydroxyl groups is 2. The van der Waals surface area contributed by atoms with Crippen LogP contribution in [0.2, 0.25) is 0 Å². The minimum Gasteiger partial charge on any atom is -0.455 e. The minimum atomic E-state index is -2.50. The van der Waals surface area contributed by atoms with Gasteiger partial charge in [0.1, 0.15) is 30.0 Å². The molecule has 2 bridgehead atoms. The summed E-state index contributed by atoms with van der Waals surface area (Å²) < 4.78 is 47.5. The molecule has 6 N–H and O–H groups in total. The summed E-state index contributed by atoms with van der Waals surface area (Å²) >= 11 is 0. The maximum atomic E-state index is 15.8. The molecule has 21 nitrogen and oxygen atoms in total. The van der Waals surface area contributed by atoms with E-state index in [0.29, 0.717) is 19.8 Å². The van der Waals surface area contributed by atoms with E-state index in [1.54, 1.807) is 66.7 Å². The van der Waals surface area contributed by atoms with Crippen LogP contribution in [0.15, 0.2) is 102 Å². The van der Waals surface area contributed by atoms with E-state index in [2.05, 4.69) is 10.6 Å². The highest BCUT2D eigenvalue weighted by Gasteiger charge is 2.78. The van der Waals surface area contributed by atoms with E-state index in [0.717, 1.165) is 13.8 Å². The Balaban J connectivity index is 1.32. The van der Waals surface area contributed by atoms with E-state index in [-0.39, 0.29) is 67.0 Å². The van der Waals surface area contributed by atoms with Crippen LogP contribution in [-0.4, -0.2) is 152 Å². The fourth-order valence-electron chi connectivity index (χ4n) is 11.5. The molecule has 7 rings (SSSR count). The Morgan fingerprint density at radius 1 is 0.795 bits per heavy atom. The van der Waals surface area contributed by atoms with Gasteiger partial charge in [-0.3, -0.25) is 28.8 Å². The lowest BCUT2D eigenvalue weighted by Gasteiger charge is -2.67. The third-order valence-corrected chi connectivity index (χ3v) is 15.5. The number of benzene rings is 3. The summed E-state index contributed by atoms with van der Waals surface area (Å²) in [6.45, 7) is 9.33. The molecule has 0 unspecified atom stereocenters. The van der Waals surface area contributed by atoms with Crippen molar-refractivity contribution in [3.63, 3.8) is 0 Å². The van der Waals surface area contributed by atoms with Crippen LogP contribution in [-0.2, 0) is 66.7 Å². The monoisotopic (exact) mass is 1080 g/mol. The maximum absolute atomic E-state index is 15.8. The first-order valence-corrected chi connectivity index (χ1v) is 25.9. The summed E-state index contributed by atoms with van der Waals surface area (Å²) in [4.78, 5) is 113. The number of nitrogens with one attached hydrogen (secondary N) is 2. The van der Waals surface area contributed by atoms with Crippen molar-refractivity contribution in [3.05, 3.63) is 119 Å². The molecule has 78 heavy (non-hydrogen) atoms. The average Bonchev–Trinajstić information content (AvgIpc) is 1.68. The molecule has 2 saturated carbocycles. The van der Waals surface area contributed by atoms with Crippen LogP contribution in [0.1, 0.15) is 99.5 Å². The van der Waals surface area contributed by atoms with Crippen molar-refractivity contribution in [2.75, 3.05) is 46.1 Å². The minimum absolute atomic E-state index is 0.0257. The number of ketones is 1. The molecule has 0 aromatic heterocycles. The lowest BCUT2D eigenvalue weighted by atomic mass is 9.44. The fraction of sp³-hybridized carbons (Fsp3) is 0.509. The molecule has 3 fully saturated rings. The van der Waals surface area contributed by atoms with Gasteiger partial charge in [0.15, 0.2) is 17.5 Å². The summed E-state index contributed by atoms with van der Waals surface area (Å²) in [6, 6.07) is 22.4. The molecular formula is C57H69N3O18. The number of Topliss-reactive ketones (excluding diaryl/α,β-unsaturated/α-hetero) is 1. The number of rotatable bonds is 22. The van der Waals surface area contributed by atoms with Crippen molar-refractivity contribution in [2.24, 2.45) is 22.5 Å². The van der Waals surface area contributed by atoms with Gasteiger partial charge in [0.05, 0.1) is 62.5 Å². The number of hydrogen-bond acceptors (Lipinski definition) is 19. The molecule has 420 valence electrons. The van der Waals surface area contributed by atoms with Crippen LogP contribution in [0.25, 0.3) is 0 Å². The quantitative estimate of drug-likeness (QED) is 0.0418. The van der Waals surface area contributed by atoms with Crippen molar-refractivity contribution in [2.45, 2.75) is 121 Å². The van der Waals surface area contributed by atoms with Crippen molar-refractivity contribution in [1.82, 2.24) is 10.6 Å². The Hall–Kier alpha value is -6.88. The van der Waals surface area contributed by atoms with Crippen molar-refractivity contribution < 1.29 is 86.5 Å². The van der Waals surface area contributed by atoms with E-state index in [1.165, 1.54) is 52.0 Å². The van der Waals surface area contributed by atoms with Gasteiger partial charge in [0.25, 0.3) is 5.91 Å². The van der Waals surface area contributed by atoms with Gasteiger partial charge in [0.2, 0.25) is 12.0 Å². The summed E-state index contributed by atoms with van der Waals surface area (Å²) in [5.41, 5.74) is -2.31. The van der Waals surface area contributed by atoms with E-state index in [9.17, 15) is 39.0 Å². The molecular weight excluding hydrogens is 1010 g/mol. The van der Waals surface area contributed by atoms with E-state index in [4.69, 9.17) is 43.6 Å². The SMILES string of the molecule is CC(=O)O[C@H]1C(=O)[C@@]2(C)[C@H]([C@H](OC(=O)c3ccccc3)[C@]3(O)C[C@H](OC(=O)[C@H](OC(=O)CCC(=O)NCCOCCOCCN)[C@@H](NC(=O)c4ccccc4)c4ccccc4)C(C)=C1C3(C)C)[C@]1(OC(C)=O)CO[C@@H]1C[C@@H]2O. The number of amides is 2. The second kappa shape index (κ2) is 24.8.